The number of rotatable bonds is 5. The molecule has 1 unspecified atom stereocenters. The minimum atomic E-state index is 0.200. The Kier molecular flexibility index (Phi) is 4.22. The Morgan fingerprint density at radius 2 is 1.41 bits per heavy atom. The lowest BCUT2D eigenvalue weighted by Crippen LogP contribution is -2.23. The van der Waals surface area contributed by atoms with E-state index < -0.39 is 0 Å². The van der Waals surface area contributed by atoms with Gasteiger partial charge >= 0.3 is 0 Å². The third-order valence-corrected chi connectivity index (χ3v) is 2.80. The van der Waals surface area contributed by atoms with Crippen molar-refractivity contribution in [3.63, 3.8) is 0 Å². The Morgan fingerprint density at radius 3 is 2.00 bits per heavy atom. The quantitative estimate of drug-likeness (QED) is 0.849. The van der Waals surface area contributed by atoms with Crippen LogP contribution in [0.4, 0.5) is 0 Å². The normalized spacial score (nSPS) is 12.3. The van der Waals surface area contributed by atoms with Gasteiger partial charge in [0.15, 0.2) is 0 Å². The summed E-state index contributed by atoms with van der Waals surface area (Å²) in [5, 5.41) is 0. The number of nitrogens with zero attached hydrogens (tertiary/aromatic N) is 2. The zero-order chi connectivity index (χ0) is 11.9. The van der Waals surface area contributed by atoms with Crippen LogP contribution in [0.1, 0.15) is 17.5 Å². The predicted octanol–water partition coefficient (Wildman–Crippen LogP) is 1.98. The first kappa shape index (κ1) is 11.7. The van der Waals surface area contributed by atoms with Crippen molar-refractivity contribution in [3.05, 3.63) is 60.2 Å². The predicted molar refractivity (Wildman–Crippen MR) is 68.5 cm³/mol. The minimum absolute atomic E-state index is 0.200. The van der Waals surface area contributed by atoms with Gasteiger partial charge in [-0.1, -0.05) is 0 Å². The van der Waals surface area contributed by atoms with Gasteiger partial charge in [0, 0.05) is 30.8 Å². The van der Waals surface area contributed by atoms with Crippen molar-refractivity contribution in [2.45, 2.75) is 25.3 Å². The van der Waals surface area contributed by atoms with Crippen LogP contribution in [0.5, 0.6) is 0 Å². The maximum absolute atomic E-state index is 6.12. The van der Waals surface area contributed by atoms with Crippen LogP contribution in [0.2, 0.25) is 0 Å². The van der Waals surface area contributed by atoms with Crippen LogP contribution in [0.3, 0.4) is 0 Å². The first-order valence-corrected chi connectivity index (χ1v) is 5.88. The van der Waals surface area contributed by atoms with E-state index in [4.69, 9.17) is 5.73 Å². The van der Waals surface area contributed by atoms with Gasteiger partial charge in [-0.25, -0.2) is 0 Å². The van der Waals surface area contributed by atoms with Gasteiger partial charge in [0.1, 0.15) is 0 Å². The van der Waals surface area contributed by atoms with Gasteiger partial charge in [-0.05, 0) is 54.7 Å². The van der Waals surface area contributed by atoms with E-state index in [1.807, 2.05) is 49.1 Å². The van der Waals surface area contributed by atoms with Crippen molar-refractivity contribution in [2.24, 2.45) is 5.73 Å². The molecule has 2 rings (SSSR count). The second-order valence-electron chi connectivity index (χ2n) is 4.21. The minimum Gasteiger partial charge on any atom is -0.327 e. The number of aryl methyl sites for hydroxylation is 1. The summed E-state index contributed by atoms with van der Waals surface area (Å²) in [4.78, 5) is 8.00. The molecule has 0 aliphatic carbocycles. The van der Waals surface area contributed by atoms with Crippen LogP contribution in [0.15, 0.2) is 49.1 Å². The Balaban J connectivity index is 1.80. The molecule has 0 saturated heterocycles. The number of pyridine rings is 2. The van der Waals surface area contributed by atoms with Crippen molar-refractivity contribution in [1.29, 1.82) is 0 Å². The largest absolute Gasteiger partial charge is 0.327 e. The molecular weight excluding hydrogens is 210 g/mol. The Labute approximate surface area is 102 Å². The first-order valence-electron chi connectivity index (χ1n) is 5.88. The van der Waals surface area contributed by atoms with Crippen LogP contribution in [0.25, 0.3) is 0 Å². The van der Waals surface area contributed by atoms with E-state index in [1.165, 1.54) is 11.1 Å². The molecule has 2 aromatic heterocycles. The Hall–Kier alpha value is -1.74. The third kappa shape index (κ3) is 3.96. The molecule has 17 heavy (non-hydrogen) atoms. The molecule has 2 heterocycles. The van der Waals surface area contributed by atoms with E-state index in [1.54, 1.807) is 0 Å². The number of nitrogens with two attached hydrogens (primary N) is 1. The van der Waals surface area contributed by atoms with Crippen molar-refractivity contribution < 1.29 is 0 Å². The summed E-state index contributed by atoms with van der Waals surface area (Å²) in [5.41, 5.74) is 8.67. The summed E-state index contributed by atoms with van der Waals surface area (Å²) in [7, 11) is 0. The molecule has 1 atom stereocenters. The van der Waals surface area contributed by atoms with E-state index in [9.17, 15) is 0 Å². The van der Waals surface area contributed by atoms with Crippen molar-refractivity contribution in [3.8, 4) is 0 Å². The number of hydrogen-bond donors (Lipinski definition) is 1. The van der Waals surface area contributed by atoms with Gasteiger partial charge in [0.25, 0.3) is 0 Å². The van der Waals surface area contributed by atoms with Gasteiger partial charge < -0.3 is 5.73 Å². The van der Waals surface area contributed by atoms with Crippen LogP contribution in [-0.2, 0) is 12.8 Å². The fourth-order valence-corrected chi connectivity index (χ4v) is 1.83. The van der Waals surface area contributed by atoms with Crippen LogP contribution in [-0.4, -0.2) is 16.0 Å². The van der Waals surface area contributed by atoms with Crippen LogP contribution < -0.4 is 5.73 Å². The van der Waals surface area contributed by atoms with Crippen LogP contribution in [0, 0.1) is 0 Å². The Morgan fingerprint density at radius 1 is 0.882 bits per heavy atom. The highest BCUT2D eigenvalue weighted by molar-refractivity contribution is 5.13. The summed E-state index contributed by atoms with van der Waals surface area (Å²) in [6.45, 7) is 0. The molecule has 0 aliphatic heterocycles. The molecule has 0 aliphatic rings. The van der Waals surface area contributed by atoms with Gasteiger partial charge in [0.05, 0.1) is 0 Å². The molecule has 2 aromatic rings. The summed E-state index contributed by atoms with van der Waals surface area (Å²) in [5.74, 6) is 0. The summed E-state index contributed by atoms with van der Waals surface area (Å²) in [6.07, 6.45) is 10.2. The van der Waals surface area contributed by atoms with Gasteiger partial charge in [-0.2, -0.15) is 0 Å². The smallest absolute Gasteiger partial charge is 0.0270 e. The highest BCUT2D eigenvalue weighted by Gasteiger charge is 2.04. The van der Waals surface area contributed by atoms with E-state index in [-0.39, 0.29) is 6.04 Å². The van der Waals surface area contributed by atoms with E-state index in [0.717, 1.165) is 19.3 Å². The fraction of sp³-hybridized carbons (Fsp3) is 0.286. The maximum atomic E-state index is 6.12. The van der Waals surface area contributed by atoms with Gasteiger partial charge in [0.2, 0.25) is 0 Å². The SMILES string of the molecule is NC(CCc1ccncc1)Cc1ccncc1. The second kappa shape index (κ2) is 6.11. The second-order valence-corrected chi connectivity index (χ2v) is 4.21. The summed E-state index contributed by atoms with van der Waals surface area (Å²) >= 11 is 0. The molecule has 0 radical (unpaired) electrons. The van der Waals surface area contributed by atoms with Crippen molar-refractivity contribution in [2.75, 3.05) is 0 Å². The lowest BCUT2D eigenvalue weighted by atomic mass is 10.0. The molecule has 0 amide bonds. The third-order valence-electron chi connectivity index (χ3n) is 2.80. The molecular formula is C14H17N3. The zero-order valence-electron chi connectivity index (χ0n) is 9.79. The molecule has 3 nitrogen and oxygen atoms in total. The van der Waals surface area contributed by atoms with Gasteiger partial charge in [-0.3, -0.25) is 9.97 Å². The maximum Gasteiger partial charge on any atom is 0.0270 e. The topological polar surface area (TPSA) is 51.8 Å². The first-order chi connectivity index (χ1) is 8.34. The molecule has 0 fully saturated rings. The van der Waals surface area contributed by atoms with E-state index in [2.05, 4.69) is 9.97 Å². The lowest BCUT2D eigenvalue weighted by molar-refractivity contribution is 0.610. The molecule has 0 aromatic carbocycles. The van der Waals surface area contributed by atoms with Crippen molar-refractivity contribution in [1.82, 2.24) is 9.97 Å². The monoisotopic (exact) mass is 227 g/mol. The molecule has 2 N–H and O–H groups in total. The number of aromatic nitrogens is 2. The average Bonchev–Trinajstić information content (AvgIpc) is 2.39. The Bertz CT molecular complexity index is 428. The van der Waals surface area contributed by atoms with Crippen molar-refractivity contribution >= 4 is 0 Å². The highest BCUT2D eigenvalue weighted by Crippen LogP contribution is 2.07. The zero-order valence-corrected chi connectivity index (χ0v) is 9.79. The molecule has 0 saturated carbocycles. The average molecular weight is 227 g/mol. The van der Waals surface area contributed by atoms with E-state index >= 15 is 0 Å². The summed E-state index contributed by atoms with van der Waals surface area (Å²) < 4.78 is 0. The summed E-state index contributed by atoms with van der Waals surface area (Å²) in [6, 6.07) is 8.32. The molecule has 88 valence electrons. The fourth-order valence-electron chi connectivity index (χ4n) is 1.83. The molecule has 0 bridgehead atoms. The highest BCUT2D eigenvalue weighted by atomic mass is 14.6. The van der Waals surface area contributed by atoms with E-state index in [0.29, 0.717) is 0 Å². The number of hydrogen-bond acceptors (Lipinski definition) is 3. The molecule has 0 spiro atoms. The van der Waals surface area contributed by atoms with Gasteiger partial charge in [-0.15, -0.1) is 0 Å². The van der Waals surface area contributed by atoms with Crippen LogP contribution >= 0.6 is 0 Å². The lowest BCUT2D eigenvalue weighted by Gasteiger charge is -2.11. The molecule has 3 heteroatoms. The standard InChI is InChI=1S/C14H17N3/c15-14(11-13-5-9-17-10-6-13)2-1-12-3-7-16-8-4-12/h3-10,14H,1-2,11,15H2.